The summed E-state index contributed by atoms with van der Waals surface area (Å²) in [5.74, 6) is 1.45. The molecule has 141 heavy (non-hydrogen) atoms. The highest BCUT2D eigenvalue weighted by atomic mass is 32.2. The molecule has 0 spiro atoms. The molecule has 0 aromatic heterocycles. The van der Waals surface area contributed by atoms with Crippen LogP contribution in [0.1, 0.15) is 89.9 Å². The molecule has 0 radical (unpaired) electrons. The number of urea groups is 3. The normalized spacial score (nSPS) is 19.0. The number of hydrogen-bond donors (Lipinski definition) is 10. The van der Waals surface area contributed by atoms with E-state index in [1.165, 1.54) is 0 Å². The Bertz CT molecular complexity index is 3210. The quantitative estimate of drug-likeness (QED) is 0.0104. The van der Waals surface area contributed by atoms with E-state index in [1.807, 2.05) is 35.3 Å². The number of ether oxygens (including phenoxy) is 24. The maximum Gasteiger partial charge on any atom is 0.333 e. The van der Waals surface area contributed by atoms with Crippen molar-refractivity contribution in [1.82, 2.24) is 47.6 Å². The summed E-state index contributed by atoms with van der Waals surface area (Å²) >= 11 is 5.63. The molecule has 0 aromatic carbocycles. The van der Waals surface area contributed by atoms with Gasteiger partial charge in [0.15, 0.2) is 0 Å². The number of thioether (sulfide) groups is 3. The molecule has 7 aliphatic rings. The van der Waals surface area contributed by atoms with Crippen molar-refractivity contribution in [2.24, 2.45) is 21.7 Å². The monoisotopic (exact) mass is 2080 g/mol. The van der Waals surface area contributed by atoms with Crippen molar-refractivity contribution in [2.75, 3.05) is 374 Å². The molecule has 10 amide bonds. The third kappa shape index (κ3) is 72.1. The molecule has 0 aromatic rings. The van der Waals surface area contributed by atoms with Crippen molar-refractivity contribution < 1.29 is 157 Å². The number of amides is 10. The predicted molar refractivity (Wildman–Crippen MR) is 521 cm³/mol. The van der Waals surface area contributed by atoms with Crippen molar-refractivity contribution >= 4 is 83.0 Å². The van der Waals surface area contributed by atoms with Crippen LogP contribution in [0.5, 0.6) is 0 Å². The molecule has 7 saturated heterocycles. The van der Waals surface area contributed by atoms with E-state index in [0.717, 1.165) is 68.6 Å². The number of rotatable bonds is 95. The standard InChI is InChI=1S/C28H52N6O10S.C28H54N4O10S.C18H38N4O8.C14H19N3O5S/c29-34-31-6-8-38-10-12-40-14-16-42-18-20-44-22-21-43-19-17-41-15-13-39-11-9-37-7-5-30-26(35)4-2-1-3-25-27-24(23-45-25)32-28(36)33-27;29-5-7-35-9-11-37-13-15-39-17-19-41-21-22-42-20-18-40-16-14-38-12-10-36-8-6-30-26(33)4-2-1-3-25-27-24(23-43-25)31-28(34)32-27;19-1-3-23-5-7-25-9-11-27-13-15-29-17-18-30-16-14-28-12-10-26-8-6-24-4-2-21-22-20;18-10-5-6-11(19)17(10)22-12(20)4-2-1-3-9-13-8(7-23-9)15-14(21)16-13/h24-25,27H,1-23H2,(H,30,35)(H2,32,33,36);24-25,27H,1-23,29H2,(H,30,33)(H2,31,32,34);1-19H2;8-9,13H,1-7H2,(H2,15,16,21)/t2*24-,25-,27-;;8-,9-,13-/m00.0/s1. The number of unbranched alkanes of at least 4 members (excludes halogenated alkanes) is 3. The van der Waals surface area contributed by atoms with Crippen LogP contribution >= 0.6 is 35.3 Å². The Morgan fingerprint density at radius 2 is 0.518 bits per heavy atom. The molecule has 9 atom stereocenters. The van der Waals surface area contributed by atoms with Gasteiger partial charge in [-0.25, -0.2) is 19.2 Å². The second-order valence-corrected chi connectivity index (χ2v) is 35.3. The van der Waals surface area contributed by atoms with E-state index < -0.39 is 17.8 Å². The summed E-state index contributed by atoms with van der Waals surface area (Å²) in [5.41, 5.74) is 26.9. The Labute approximate surface area is 841 Å². The highest BCUT2D eigenvalue weighted by molar-refractivity contribution is 8.00. The fourth-order valence-corrected chi connectivity index (χ4v) is 18.3. The van der Waals surface area contributed by atoms with Crippen LogP contribution in [0.4, 0.5) is 14.4 Å². The summed E-state index contributed by atoms with van der Waals surface area (Å²) in [5, 5.41) is 32.0. The molecular weight excluding hydrogens is 1920 g/mol. The van der Waals surface area contributed by atoms with Gasteiger partial charge >= 0.3 is 24.1 Å². The number of hydroxylamine groups is 2. The number of nitrogens with zero attached hydrogens (tertiary/aromatic N) is 7. The zero-order valence-electron chi connectivity index (χ0n) is 82.4. The van der Waals surface area contributed by atoms with Crippen molar-refractivity contribution in [3.8, 4) is 0 Å². The zero-order valence-corrected chi connectivity index (χ0v) is 84.8. The Hall–Kier alpha value is -6.01. The lowest BCUT2D eigenvalue weighted by molar-refractivity contribution is -0.197. The minimum atomic E-state index is -0.554. The van der Waals surface area contributed by atoms with E-state index in [0.29, 0.717) is 396 Å². The van der Waals surface area contributed by atoms with E-state index in [2.05, 4.69) is 62.6 Å². The van der Waals surface area contributed by atoms with Crippen molar-refractivity contribution in [2.45, 2.75) is 142 Å². The van der Waals surface area contributed by atoms with Crippen LogP contribution in [-0.4, -0.2) is 478 Å². The maximum atomic E-state index is 12.0. The van der Waals surface area contributed by atoms with Crippen LogP contribution in [0.15, 0.2) is 10.2 Å². The lowest BCUT2D eigenvalue weighted by atomic mass is 10.0. The topological polar surface area (TPSA) is 616 Å². The first-order valence-corrected chi connectivity index (χ1v) is 52.4. The van der Waals surface area contributed by atoms with Gasteiger partial charge in [0.25, 0.3) is 11.8 Å². The van der Waals surface area contributed by atoms with Crippen LogP contribution in [-0.2, 0) is 142 Å². The van der Waals surface area contributed by atoms with Crippen molar-refractivity contribution in [3.05, 3.63) is 20.9 Å². The molecule has 50 nitrogen and oxygen atoms in total. The fourth-order valence-electron chi connectivity index (χ4n) is 13.7. The van der Waals surface area contributed by atoms with Gasteiger partial charge in [-0.15, -0.1) is 5.06 Å². The van der Waals surface area contributed by atoms with E-state index in [1.54, 1.807) is 0 Å². The van der Waals surface area contributed by atoms with Crippen LogP contribution in [0.2, 0.25) is 0 Å². The summed E-state index contributed by atoms with van der Waals surface area (Å²) in [4.78, 5) is 103. The molecule has 53 heteroatoms. The van der Waals surface area contributed by atoms with Crippen molar-refractivity contribution in [1.29, 1.82) is 0 Å². The van der Waals surface area contributed by atoms with Gasteiger partial charge in [0.2, 0.25) is 11.8 Å². The largest absolute Gasteiger partial charge is 0.379 e. The third-order valence-electron chi connectivity index (χ3n) is 20.7. The highest BCUT2D eigenvalue weighted by Crippen LogP contribution is 2.36. The van der Waals surface area contributed by atoms with E-state index >= 15 is 0 Å². The van der Waals surface area contributed by atoms with Crippen LogP contribution in [0.25, 0.3) is 20.9 Å². The first kappa shape index (κ1) is 127. The molecule has 7 heterocycles. The van der Waals surface area contributed by atoms with Crippen LogP contribution < -0.4 is 54.0 Å². The smallest absolute Gasteiger partial charge is 0.333 e. The van der Waals surface area contributed by atoms with Crippen LogP contribution in [0, 0.1) is 0 Å². The van der Waals surface area contributed by atoms with Gasteiger partial charge in [-0.3, -0.25) is 19.2 Å². The van der Waals surface area contributed by atoms with E-state index in [4.69, 9.17) is 141 Å². The zero-order chi connectivity index (χ0) is 101. The van der Waals surface area contributed by atoms with Gasteiger partial charge in [-0.1, -0.05) is 29.5 Å². The summed E-state index contributed by atoms with van der Waals surface area (Å²) in [6, 6.07) is 1.09. The Morgan fingerprint density at radius 1 is 0.305 bits per heavy atom. The molecule has 12 N–H and O–H groups in total. The maximum absolute atomic E-state index is 12.0. The summed E-state index contributed by atoms with van der Waals surface area (Å²) in [7, 11) is 0. The van der Waals surface area contributed by atoms with Gasteiger partial charge in [-0.05, 0) is 49.6 Å². The molecule has 7 fully saturated rings. The highest BCUT2D eigenvalue weighted by Gasteiger charge is 2.45. The van der Waals surface area contributed by atoms with Gasteiger partial charge in [0.1, 0.15) is 0 Å². The minimum Gasteiger partial charge on any atom is -0.379 e. The first-order valence-electron chi connectivity index (χ1n) is 49.3. The Morgan fingerprint density at radius 3 is 0.745 bits per heavy atom. The lowest BCUT2D eigenvalue weighted by Gasteiger charge is -2.16. The minimum absolute atomic E-state index is 0.0419. The van der Waals surface area contributed by atoms with Crippen LogP contribution in [0.3, 0.4) is 0 Å². The van der Waals surface area contributed by atoms with Gasteiger partial charge in [0, 0.05) is 114 Å². The predicted octanol–water partition coefficient (Wildman–Crippen LogP) is 1.90. The average Bonchev–Trinajstić information content (AvgIpc) is 1.68. The Kier molecular flexibility index (Phi) is 84.6. The second kappa shape index (κ2) is 93.7. The first-order chi connectivity index (χ1) is 69.4. The molecular formula is C88H163N17O33S3. The molecule has 0 saturated carbocycles. The number of imide groups is 1. The second-order valence-electron chi connectivity index (χ2n) is 31.5. The summed E-state index contributed by atoms with van der Waals surface area (Å²) in [6.45, 7) is 26.5. The molecule has 0 bridgehead atoms. The molecule has 0 unspecified atom stereocenters. The number of hydrogen-bond acceptors (Lipinski definition) is 40. The lowest BCUT2D eigenvalue weighted by Crippen LogP contribution is -2.36. The third-order valence-corrected chi connectivity index (χ3v) is 25.2. The molecule has 816 valence electrons. The van der Waals surface area contributed by atoms with E-state index in [9.17, 15) is 38.4 Å². The number of nitrogens with two attached hydrogens (primary N) is 2. The Balaban J connectivity index is 0.000000404. The number of carbonyl (C=O) groups is 8. The van der Waals surface area contributed by atoms with Crippen molar-refractivity contribution in [3.63, 3.8) is 0 Å². The molecule has 7 rings (SSSR count). The molecule has 0 aliphatic carbocycles. The molecule has 7 aliphatic heterocycles. The van der Waals surface area contributed by atoms with Gasteiger partial charge in [0.05, 0.1) is 353 Å². The number of fused-ring (bicyclic) bond motifs is 3. The summed E-state index contributed by atoms with van der Waals surface area (Å²) in [6.07, 6.45) is 9.43. The fraction of sp³-hybridized carbons (Fsp3) is 0.909. The van der Waals surface area contributed by atoms with Gasteiger partial charge in [-0.2, -0.15) is 35.3 Å². The SMILES string of the molecule is NCCOCCOCCOCCOCCOCCOCCOCCOCCNC(=O)CCCC[C@@H]1SC[C@@H]2NC(=O)N[C@@H]21.O=C1N[C@H]2[C@H](CS[C@H]2CCCCC(=O)ON2C(=O)CCC2=O)N1.[N-]=[N+]=NCCOCCOCCOCCOCCOCCOCCOCCOCCN.[N-]=[N+]=NCCOCCOCCOCCOCCOCCOCCOCCOCCNC(=O)CCCC[C@@H]1SC[C@@H]2NC(=O)N[C@@H]21. The number of carbonyl (C=O) groups excluding carboxylic acids is 8. The number of nitrogens with one attached hydrogen (secondary N) is 8. The van der Waals surface area contributed by atoms with E-state index in [-0.39, 0.29) is 85.4 Å². The summed E-state index contributed by atoms with van der Waals surface area (Å²) < 4.78 is 129. The van der Waals surface area contributed by atoms with Gasteiger partial charge < -0.3 is 173 Å². The average molecular weight is 2080 g/mol. The number of azide groups is 2.